The molecule has 1 unspecified atom stereocenters. The van der Waals surface area contributed by atoms with Gasteiger partial charge in [-0.15, -0.1) is 5.10 Å². The highest BCUT2D eigenvalue weighted by atomic mass is 35.5. The average molecular weight is 834 g/mol. The highest BCUT2D eigenvalue weighted by Gasteiger charge is 2.40. The Morgan fingerprint density at radius 1 is 0.860 bits per heavy atom. The van der Waals surface area contributed by atoms with Crippen LogP contribution < -0.4 is 25.1 Å². The third-order valence-corrected chi connectivity index (χ3v) is 10.5. The number of hydrogen-bond acceptors (Lipinski definition) is 8. The molecule has 0 aromatic heterocycles. The zero-order chi connectivity index (χ0) is 41.5. The van der Waals surface area contributed by atoms with Gasteiger partial charge in [-0.1, -0.05) is 107 Å². The second-order valence-electron chi connectivity index (χ2n) is 15.0. The lowest BCUT2D eigenvalue weighted by Crippen LogP contribution is -2.39. The predicted molar refractivity (Wildman–Crippen MR) is 228 cm³/mol. The van der Waals surface area contributed by atoms with Crippen LogP contribution in [0, 0.1) is 0 Å². The summed E-state index contributed by atoms with van der Waals surface area (Å²) in [5, 5.41) is 19.7. The van der Waals surface area contributed by atoms with Crippen LogP contribution in [0.5, 0.6) is 11.5 Å². The van der Waals surface area contributed by atoms with Gasteiger partial charge in [0.25, 0.3) is 17.7 Å². The van der Waals surface area contributed by atoms with Crippen LogP contribution in [0.1, 0.15) is 88.7 Å². The summed E-state index contributed by atoms with van der Waals surface area (Å²) in [6, 6.07) is 20.8. The standard InChI is InChI=1S/C43H47Cl3N6O5/c1-8-19-42(3,4)27-13-18-35(32(22-27)43(5,6)20-9-2)57-25-36(53)47-30-12-10-11-26(21-30)40(54)48-39-37(50-49-29-14-16-31(56-7)17-15-29)41(55)52(51-39)38-33(45)23-28(44)24-34(38)46/h10-18,21-24,37H,8-9,19-20,25H2,1-7H3,(H,47,53)(H,48,51,54). The van der Waals surface area contributed by atoms with E-state index < -0.39 is 23.8 Å². The molecule has 57 heavy (non-hydrogen) atoms. The molecule has 0 saturated carbocycles. The molecule has 1 aliphatic heterocycles. The van der Waals surface area contributed by atoms with E-state index in [1.165, 1.54) is 23.8 Å². The zero-order valence-corrected chi connectivity index (χ0v) is 35.4. The molecule has 0 saturated heterocycles. The van der Waals surface area contributed by atoms with E-state index in [9.17, 15) is 14.4 Å². The summed E-state index contributed by atoms with van der Waals surface area (Å²) in [6.45, 7) is 13.0. The quantitative estimate of drug-likeness (QED) is 0.115. The Labute approximate surface area is 348 Å². The maximum atomic E-state index is 13.8. The minimum absolute atomic E-state index is 0.00130. The monoisotopic (exact) mass is 832 g/mol. The van der Waals surface area contributed by atoms with Gasteiger partial charge in [-0.25, -0.2) is 0 Å². The molecule has 0 fully saturated rings. The van der Waals surface area contributed by atoms with Gasteiger partial charge in [0, 0.05) is 21.8 Å². The number of anilines is 2. The number of carbonyl (C=O) groups is 3. The van der Waals surface area contributed by atoms with Crippen LogP contribution in [0.3, 0.4) is 0 Å². The van der Waals surface area contributed by atoms with Crippen molar-refractivity contribution in [2.45, 2.75) is 84.1 Å². The van der Waals surface area contributed by atoms with E-state index in [-0.39, 0.29) is 49.6 Å². The van der Waals surface area contributed by atoms with E-state index in [1.54, 1.807) is 49.6 Å². The summed E-state index contributed by atoms with van der Waals surface area (Å²) in [5.74, 6) is -0.550. The van der Waals surface area contributed by atoms with Crippen LogP contribution in [0.4, 0.5) is 17.1 Å². The molecule has 0 spiro atoms. The Hall–Kier alpha value is -4.97. The fraction of sp³-hybridized carbons (Fsp3) is 0.349. The Balaban J connectivity index is 1.34. The van der Waals surface area contributed by atoms with Crippen LogP contribution >= 0.6 is 34.8 Å². The van der Waals surface area contributed by atoms with Gasteiger partial charge in [0.15, 0.2) is 12.4 Å². The third kappa shape index (κ3) is 10.5. The number of hydrogen-bond donors (Lipinski definition) is 2. The van der Waals surface area contributed by atoms with Crippen LogP contribution in [0.15, 0.2) is 94.2 Å². The molecule has 14 heteroatoms. The smallest absolute Gasteiger partial charge is 0.282 e. The number of hydrazone groups is 1. The molecule has 0 aliphatic carbocycles. The Bertz CT molecular complexity index is 2170. The second-order valence-corrected chi connectivity index (χ2v) is 16.3. The lowest BCUT2D eigenvalue weighted by molar-refractivity contribution is -0.118. The fourth-order valence-electron chi connectivity index (χ4n) is 6.71. The van der Waals surface area contributed by atoms with Gasteiger partial charge in [0.1, 0.15) is 17.2 Å². The van der Waals surface area contributed by atoms with Crippen molar-refractivity contribution in [3.63, 3.8) is 0 Å². The molecule has 4 aromatic carbocycles. The summed E-state index contributed by atoms with van der Waals surface area (Å²) >= 11 is 19.0. The molecule has 0 radical (unpaired) electrons. The summed E-state index contributed by atoms with van der Waals surface area (Å²) in [5.41, 5.74) is 3.15. The number of azo groups is 1. The molecular formula is C43H47Cl3N6O5. The first kappa shape index (κ1) is 43.2. The first-order valence-corrected chi connectivity index (χ1v) is 19.8. The van der Waals surface area contributed by atoms with Crippen LogP contribution in [0.25, 0.3) is 0 Å². The molecule has 3 amide bonds. The highest BCUT2D eigenvalue weighted by Crippen LogP contribution is 2.41. The Morgan fingerprint density at radius 2 is 1.53 bits per heavy atom. The number of nitrogens with one attached hydrogen (secondary N) is 2. The number of ether oxygens (including phenoxy) is 2. The largest absolute Gasteiger partial charge is 0.497 e. The number of halogens is 3. The van der Waals surface area contributed by atoms with Crippen molar-refractivity contribution in [2.24, 2.45) is 15.3 Å². The molecule has 11 nitrogen and oxygen atoms in total. The molecule has 300 valence electrons. The van der Waals surface area contributed by atoms with Gasteiger partial charge in [0.2, 0.25) is 6.04 Å². The van der Waals surface area contributed by atoms with Gasteiger partial charge in [0.05, 0.1) is 22.8 Å². The first-order valence-electron chi connectivity index (χ1n) is 18.7. The van der Waals surface area contributed by atoms with E-state index >= 15 is 0 Å². The van der Waals surface area contributed by atoms with E-state index in [1.807, 2.05) is 6.07 Å². The van der Waals surface area contributed by atoms with E-state index in [0.29, 0.717) is 22.9 Å². The predicted octanol–water partition coefficient (Wildman–Crippen LogP) is 11.1. The van der Waals surface area contributed by atoms with Crippen LogP contribution in [0.2, 0.25) is 15.1 Å². The number of methoxy groups -OCH3 is 1. The molecule has 1 atom stereocenters. The molecular weight excluding hydrogens is 787 g/mol. The Kier molecular flexibility index (Phi) is 14.0. The normalized spacial score (nSPS) is 14.5. The molecule has 2 N–H and O–H groups in total. The van der Waals surface area contributed by atoms with E-state index in [0.717, 1.165) is 36.3 Å². The van der Waals surface area contributed by atoms with Gasteiger partial charge >= 0.3 is 0 Å². The maximum Gasteiger partial charge on any atom is 0.282 e. The average Bonchev–Trinajstić information content (AvgIpc) is 3.45. The maximum absolute atomic E-state index is 13.8. The van der Waals surface area contributed by atoms with Crippen molar-refractivity contribution in [3.05, 3.63) is 111 Å². The summed E-state index contributed by atoms with van der Waals surface area (Å²) in [7, 11) is 1.54. The van der Waals surface area contributed by atoms with Crippen molar-refractivity contribution >= 4 is 75.4 Å². The molecule has 1 aliphatic rings. The fourth-order valence-corrected chi connectivity index (χ4v) is 7.69. The Morgan fingerprint density at radius 3 is 2.18 bits per heavy atom. The van der Waals surface area contributed by atoms with E-state index in [4.69, 9.17) is 44.3 Å². The van der Waals surface area contributed by atoms with Crippen LogP contribution in [-0.2, 0) is 20.4 Å². The van der Waals surface area contributed by atoms with Crippen molar-refractivity contribution < 1.29 is 23.9 Å². The number of nitrogens with zero attached hydrogens (tertiary/aromatic N) is 4. The minimum atomic E-state index is -1.36. The number of amidine groups is 1. The van der Waals surface area contributed by atoms with Gasteiger partial charge < -0.3 is 20.1 Å². The lowest BCUT2D eigenvalue weighted by Gasteiger charge is -2.31. The SMILES string of the molecule is CCCC(C)(C)c1ccc(OCC(=O)Nc2cccc(C(=O)NC3=NN(c4c(Cl)cc(Cl)cc4Cl)C(=O)C3N=Nc3ccc(OC)cc3)c2)c(C(C)(C)CCC)c1. The minimum Gasteiger partial charge on any atom is -0.497 e. The first-order chi connectivity index (χ1) is 27.1. The molecule has 1 heterocycles. The van der Waals surface area contributed by atoms with Crippen LogP contribution in [-0.4, -0.2) is 43.3 Å². The number of benzene rings is 4. The summed E-state index contributed by atoms with van der Waals surface area (Å²) in [6.07, 6.45) is 4.08. The number of rotatable bonds is 15. The van der Waals surface area contributed by atoms with E-state index in [2.05, 4.69) is 79.6 Å². The lowest BCUT2D eigenvalue weighted by atomic mass is 9.75. The molecule has 4 aromatic rings. The second kappa shape index (κ2) is 18.5. The van der Waals surface area contributed by atoms with Crippen molar-refractivity contribution in [3.8, 4) is 11.5 Å². The summed E-state index contributed by atoms with van der Waals surface area (Å²) < 4.78 is 11.4. The van der Waals surface area contributed by atoms with Crippen molar-refractivity contribution in [2.75, 3.05) is 24.0 Å². The van der Waals surface area contributed by atoms with Gasteiger partial charge in [-0.05, 0) is 89.9 Å². The third-order valence-electron chi connectivity index (χ3n) is 9.71. The summed E-state index contributed by atoms with van der Waals surface area (Å²) in [4.78, 5) is 40.7. The van der Waals surface area contributed by atoms with Crippen molar-refractivity contribution in [1.29, 1.82) is 0 Å². The zero-order valence-electron chi connectivity index (χ0n) is 33.1. The molecule has 5 rings (SSSR count). The number of amides is 3. The highest BCUT2D eigenvalue weighted by molar-refractivity contribution is 6.43. The topological polar surface area (TPSA) is 134 Å². The van der Waals surface area contributed by atoms with Gasteiger partial charge in [-0.3, -0.25) is 14.4 Å². The molecule has 0 bridgehead atoms. The van der Waals surface area contributed by atoms with Gasteiger partial charge in [-0.2, -0.15) is 15.2 Å². The number of carbonyl (C=O) groups excluding carboxylic acids is 3. The van der Waals surface area contributed by atoms with Crippen molar-refractivity contribution in [1.82, 2.24) is 5.32 Å².